The SMILES string of the molecule is CN(C)C[C@@H]1COC(c2ccccc2)(c2ccccc2)O1.O=C(O)C(=O)O. The van der Waals surface area contributed by atoms with Gasteiger partial charge in [0.05, 0.1) is 12.7 Å². The predicted molar refractivity (Wildman–Crippen MR) is 98.3 cm³/mol. The van der Waals surface area contributed by atoms with Crippen molar-refractivity contribution in [2.75, 3.05) is 27.2 Å². The van der Waals surface area contributed by atoms with E-state index in [0.29, 0.717) is 6.61 Å². The van der Waals surface area contributed by atoms with Crippen molar-refractivity contribution in [3.05, 3.63) is 71.8 Å². The van der Waals surface area contributed by atoms with Gasteiger partial charge in [-0.3, -0.25) is 0 Å². The van der Waals surface area contributed by atoms with Crippen LogP contribution in [0.3, 0.4) is 0 Å². The zero-order valence-corrected chi connectivity index (χ0v) is 15.2. The van der Waals surface area contributed by atoms with Gasteiger partial charge in [0.25, 0.3) is 0 Å². The molecule has 0 amide bonds. The molecular formula is C20H23NO6. The maximum absolute atomic E-state index is 9.10. The number of nitrogens with zero attached hydrogens (tertiary/aromatic N) is 1. The number of carbonyl (C=O) groups is 2. The highest BCUT2D eigenvalue weighted by atomic mass is 16.7. The quantitative estimate of drug-likeness (QED) is 0.792. The Morgan fingerprint density at radius 2 is 1.41 bits per heavy atom. The van der Waals surface area contributed by atoms with Gasteiger partial charge in [-0.1, -0.05) is 60.7 Å². The van der Waals surface area contributed by atoms with Crippen LogP contribution in [-0.2, 0) is 24.8 Å². The van der Waals surface area contributed by atoms with E-state index in [2.05, 4.69) is 29.2 Å². The maximum atomic E-state index is 9.10. The molecule has 1 heterocycles. The molecule has 0 radical (unpaired) electrons. The van der Waals surface area contributed by atoms with Gasteiger partial charge in [-0.15, -0.1) is 0 Å². The van der Waals surface area contributed by atoms with Gasteiger partial charge in [-0.25, -0.2) is 9.59 Å². The summed E-state index contributed by atoms with van der Waals surface area (Å²) in [6, 6.07) is 20.3. The average Bonchev–Trinajstić information content (AvgIpc) is 3.08. The van der Waals surface area contributed by atoms with Gasteiger partial charge in [-0.05, 0) is 14.1 Å². The summed E-state index contributed by atoms with van der Waals surface area (Å²) in [6.07, 6.45) is 0.0698. The third-order valence-corrected chi connectivity index (χ3v) is 3.86. The number of ether oxygens (including phenoxy) is 2. The van der Waals surface area contributed by atoms with Crippen molar-refractivity contribution < 1.29 is 29.3 Å². The molecular weight excluding hydrogens is 350 g/mol. The molecule has 0 spiro atoms. The molecule has 1 saturated heterocycles. The Hall–Kier alpha value is -2.74. The molecule has 3 rings (SSSR count). The summed E-state index contributed by atoms with van der Waals surface area (Å²) in [6.45, 7) is 1.45. The number of aliphatic carboxylic acids is 2. The summed E-state index contributed by atoms with van der Waals surface area (Å²) < 4.78 is 12.5. The Morgan fingerprint density at radius 1 is 0.963 bits per heavy atom. The van der Waals surface area contributed by atoms with E-state index in [4.69, 9.17) is 29.3 Å². The maximum Gasteiger partial charge on any atom is 0.414 e. The topological polar surface area (TPSA) is 96.3 Å². The molecule has 7 nitrogen and oxygen atoms in total. The fraction of sp³-hybridized carbons (Fsp3) is 0.300. The molecule has 0 bridgehead atoms. The standard InChI is InChI=1S/C18H21NO2.C2H2O4/c1-19(2)13-17-14-20-18(21-17,15-9-5-3-6-10-15)16-11-7-4-8-12-16;3-1(4)2(5)6/h3-12,17H,13-14H2,1-2H3;(H,3,4)(H,5,6)/t17-;/m1./s1. The van der Waals surface area contributed by atoms with Crippen LogP contribution >= 0.6 is 0 Å². The number of hydrogen-bond acceptors (Lipinski definition) is 5. The minimum Gasteiger partial charge on any atom is -0.473 e. The third kappa shape index (κ3) is 5.37. The Balaban J connectivity index is 0.000000380. The first-order valence-corrected chi connectivity index (χ1v) is 8.39. The van der Waals surface area contributed by atoms with Crippen LogP contribution in [0.1, 0.15) is 11.1 Å². The lowest BCUT2D eigenvalue weighted by molar-refractivity contribution is -0.159. The summed E-state index contributed by atoms with van der Waals surface area (Å²) in [5.41, 5.74) is 2.08. The molecule has 1 aliphatic rings. The summed E-state index contributed by atoms with van der Waals surface area (Å²) in [5.74, 6) is -4.44. The molecule has 1 atom stereocenters. The van der Waals surface area contributed by atoms with Crippen molar-refractivity contribution in [2.24, 2.45) is 0 Å². The Labute approximate surface area is 157 Å². The lowest BCUT2D eigenvalue weighted by atomic mass is 9.97. The zero-order valence-electron chi connectivity index (χ0n) is 15.2. The molecule has 0 aromatic heterocycles. The van der Waals surface area contributed by atoms with Crippen LogP contribution in [0.25, 0.3) is 0 Å². The second-order valence-corrected chi connectivity index (χ2v) is 6.27. The van der Waals surface area contributed by atoms with Gasteiger partial charge in [-0.2, -0.15) is 0 Å². The number of hydrogen-bond donors (Lipinski definition) is 2. The normalized spacial score (nSPS) is 17.8. The highest BCUT2D eigenvalue weighted by Crippen LogP contribution is 2.40. The largest absolute Gasteiger partial charge is 0.473 e. The molecule has 27 heavy (non-hydrogen) atoms. The molecule has 2 N–H and O–H groups in total. The van der Waals surface area contributed by atoms with Crippen LogP contribution in [0.15, 0.2) is 60.7 Å². The van der Waals surface area contributed by atoms with Gasteiger partial charge >= 0.3 is 11.9 Å². The van der Waals surface area contributed by atoms with Crippen molar-refractivity contribution in [2.45, 2.75) is 11.9 Å². The van der Waals surface area contributed by atoms with Crippen LogP contribution in [0.5, 0.6) is 0 Å². The van der Waals surface area contributed by atoms with Crippen molar-refractivity contribution in [1.82, 2.24) is 4.90 Å². The van der Waals surface area contributed by atoms with Crippen LogP contribution in [0.2, 0.25) is 0 Å². The van der Waals surface area contributed by atoms with E-state index in [0.717, 1.165) is 17.7 Å². The average molecular weight is 373 g/mol. The monoisotopic (exact) mass is 373 g/mol. The molecule has 2 aromatic rings. The predicted octanol–water partition coefficient (Wildman–Crippen LogP) is 2.02. The summed E-state index contributed by atoms with van der Waals surface area (Å²) in [7, 11) is 4.10. The van der Waals surface area contributed by atoms with E-state index in [1.165, 1.54) is 0 Å². The lowest BCUT2D eigenvalue weighted by Crippen LogP contribution is -2.32. The zero-order chi connectivity index (χ0) is 19.9. The third-order valence-electron chi connectivity index (χ3n) is 3.86. The van der Waals surface area contributed by atoms with Gasteiger partial charge in [0.1, 0.15) is 0 Å². The van der Waals surface area contributed by atoms with Crippen LogP contribution in [0.4, 0.5) is 0 Å². The highest BCUT2D eigenvalue weighted by molar-refractivity contribution is 6.27. The van der Waals surface area contributed by atoms with E-state index in [9.17, 15) is 0 Å². The molecule has 144 valence electrons. The van der Waals surface area contributed by atoms with Crippen molar-refractivity contribution in [1.29, 1.82) is 0 Å². The lowest BCUT2D eigenvalue weighted by Gasteiger charge is -2.29. The van der Waals surface area contributed by atoms with Crippen molar-refractivity contribution in [3.63, 3.8) is 0 Å². The molecule has 1 fully saturated rings. The first-order valence-electron chi connectivity index (χ1n) is 8.39. The van der Waals surface area contributed by atoms with Crippen LogP contribution in [0, 0.1) is 0 Å². The number of benzene rings is 2. The Bertz CT molecular complexity index is 696. The van der Waals surface area contributed by atoms with E-state index < -0.39 is 17.7 Å². The van der Waals surface area contributed by atoms with Gasteiger partial charge < -0.3 is 24.6 Å². The number of likely N-dealkylation sites (N-methyl/N-ethyl adjacent to an activating group) is 1. The molecule has 0 saturated carbocycles. The molecule has 2 aromatic carbocycles. The highest BCUT2D eigenvalue weighted by Gasteiger charge is 2.44. The fourth-order valence-corrected chi connectivity index (χ4v) is 2.79. The number of carboxylic acids is 2. The van der Waals surface area contributed by atoms with E-state index in [1.807, 2.05) is 50.5 Å². The summed E-state index contributed by atoms with van der Waals surface area (Å²) >= 11 is 0. The first kappa shape index (κ1) is 20.6. The summed E-state index contributed by atoms with van der Waals surface area (Å²) in [5, 5.41) is 14.8. The van der Waals surface area contributed by atoms with Crippen LogP contribution in [-0.4, -0.2) is 60.4 Å². The fourth-order valence-electron chi connectivity index (χ4n) is 2.79. The van der Waals surface area contributed by atoms with Crippen molar-refractivity contribution in [3.8, 4) is 0 Å². The molecule has 0 aliphatic carbocycles. The molecule has 0 unspecified atom stereocenters. The van der Waals surface area contributed by atoms with E-state index >= 15 is 0 Å². The van der Waals surface area contributed by atoms with E-state index in [1.54, 1.807) is 0 Å². The van der Waals surface area contributed by atoms with E-state index in [-0.39, 0.29) is 6.10 Å². The van der Waals surface area contributed by atoms with Crippen LogP contribution < -0.4 is 0 Å². The van der Waals surface area contributed by atoms with Gasteiger partial charge in [0.2, 0.25) is 5.79 Å². The first-order chi connectivity index (χ1) is 12.8. The second kappa shape index (κ2) is 9.27. The second-order valence-electron chi connectivity index (χ2n) is 6.27. The van der Waals surface area contributed by atoms with Gasteiger partial charge in [0, 0.05) is 17.7 Å². The summed E-state index contributed by atoms with van der Waals surface area (Å²) in [4.78, 5) is 20.3. The molecule has 7 heteroatoms. The Morgan fingerprint density at radius 3 is 1.78 bits per heavy atom. The van der Waals surface area contributed by atoms with Gasteiger partial charge in [0.15, 0.2) is 0 Å². The number of carboxylic acid groups (broad SMARTS) is 2. The minimum absolute atomic E-state index is 0.0698. The van der Waals surface area contributed by atoms with Crippen molar-refractivity contribution >= 4 is 11.9 Å². The Kier molecular flexibility index (Phi) is 7.06. The minimum atomic E-state index is -1.82. The smallest absolute Gasteiger partial charge is 0.414 e. The molecule has 1 aliphatic heterocycles. The number of rotatable bonds is 4.